The summed E-state index contributed by atoms with van der Waals surface area (Å²) < 4.78 is 15.9. The van der Waals surface area contributed by atoms with Crippen LogP contribution in [0.1, 0.15) is 10.4 Å². The molecule has 0 saturated carbocycles. The van der Waals surface area contributed by atoms with E-state index in [0.717, 1.165) is 0 Å². The number of ether oxygens (including phenoxy) is 1. The van der Waals surface area contributed by atoms with Gasteiger partial charge in [0, 0.05) is 10.0 Å². The lowest BCUT2D eigenvalue weighted by atomic mass is 10.2. The third-order valence-electron chi connectivity index (χ3n) is 1.67. The zero-order chi connectivity index (χ0) is 11.6. The molecular formula is C8H8BrO5P. The van der Waals surface area contributed by atoms with Crippen molar-refractivity contribution in [3.63, 3.8) is 0 Å². The maximum Gasteiger partial charge on any atom is 0.396 e. The molecule has 0 unspecified atom stereocenters. The van der Waals surface area contributed by atoms with Crippen molar-refractivity contribution in [2.24, 2.45) is 0 Å². The van der Waals surface area contributed by atoms with Crippen LogP contribution < -0.4 is 4.74 Å². The molecule has 0 aromatic heterocycles. The van der Waals surface area contributed by atoms with E-state index in [1.165, 1.54) is 19.2 Å². The van der Waals surface area contributed by atoms with Gasteiger partial charge in [0.2, 0.25) is 0 Å². The number of hydrogen-bond donors (Lipinski definition) is 2. The lowest BCUT2D eigenvalue weighted by Crippen LogP contribution is -2.01. The molecule has 0 aliphatic carbocycles. The molecule has 0 atom stereocenters. The maximum atomic E-state index is 11.3. The van der Waals surface area contributed by atoms with Gasteiger partial charge in [0.1, 0.15) is 5.75 Å². The SMILES string of the molecule is COc1ccc(Br)c(C(=O)P(=O)(O)O)c1. The molecular weight excluding hydrogens is 287 g/mol. The van der Waals surface area contributed by atoms with Gasteiger partial charge in [0.05, 0.1) is 7.11 Å². The number of benzene rings is 1. The Kier molecular flexibility index (Phi) is 3.67. The van der Waals surface area contributed by atoms with E-state index in [-0.39, 0.29) is 5.56 Å². The van der Waals surface area contributed by atoms with Crippen molar-refractivity contribution in [2.45, 2.75) is 0 Å². The minimum Gasteiger partial charge on any atom is -0.497 e. The summed E-state index contributed by atoms with van der Waals surface area (Å²) >= 11 is 3.03. The summed E-state index contributed by atoms with van der Waals surface area (Å²) in [6, 6.07) is 4.33. The molecule has 5 nitrogen and oxygen atoms in total. The number of carbonyl (C=O) groups is 1. The first-order valence-electron chi connectivity index (χ1n) is 3.80. The highest BCUT2D eigenvalue weighted by Gasteiger charge is 2.29. The molecule has 1 aromatic rings. The van der Waals surface area contributed by atoms with Gasteiger partial charge in [0.15, 0.2) is 0 Å². The summed E-state index contributed by atoms with van der Waals surface area (Å²) in [7, 11) is -3.36. The monoisotopic (exact) mass is 294 g/mol. The fourth-order valence-electron chi connectivity index (χ4n) is 0.952. The molecule has 82 valence electrons. The van der Waals surface area contributed by atoms with Crippen LogP contribution in [0.15, 0.2) is 22.7 Å². The van der Waals surface area contributed by atoms with Gasteiger partial charge >= 0.3 is 7.60 Å². The first-order chi connectivity index (χ1) is 6.86. The summed E-state index contributed by atoms with van der Waals surface area (Å²) in [4.78, 5) is 28.8. The predicted octanol–water partition coefficient (Wildman–Crippen LogP) is 1.78. The first-order valence-corrected chi connectivity index (χ1v) is 6.21. The van der Waals surface area contributed by atoms with Gasteiger partial charge in [-0.25, -0.2) is 0 Å². The molecule has 15 heavy (non-hydrogen) atoms. The van der Waals surface area contributed by atoms with Gasteiger partial charge in [-0.3, -0.25) is 9.36 Å². The summed E-state index contributed by atoms with van der Waals surface area (Å²) in [5.41, 5.74) is -1.32. The standard InChI is InChI=1S/C8H8BrO5P/c1-14-5-2-3-7(9)6(4-5)8(10)15(11,12)13/h2-4H,1H3,(H2,11,12,13). The third-order valence-corrected chi connectivity index (χ3v) is 3.13. The van der Waals surface area contributed by atoms with Crippen molar-refractivity contribution in [3.05, 3.63) is 28.2 Å². The van der Waals surface area contributed by atoms with Crippen LogP contribution in [0.2, 0.25) is 0 Å². The average Bonchev–Trinajstić information content (AvgIpc) is 2.16. The normalized spacial score (nSPS) is 11.2. The van der Waals surface area contributed by atoms with Gasteiger partial charge in [-0.1, -0.05) is 15.9 Å². The van der Waals surface area contributed by atoms with Gasteiger partial charge in [0.25, 0.3) is 5.52 Å². The zero-order valence-electron chi connectivity index (χ0n) is 7.68. The number of hydrogen-bond acceptors (Lipinski definition) is 3. The Balaban J connectivity index is 3.25. The van der Waals surface area contributed by atoms with Crippen LogP contribution in [0.3, 0.4) is 0 Å². The quantitative estimate of drug-likeness (QED) is 0.830. The molecule has 2 N–H and O–H groups in total. The van der Waals surface area contributed by atoms with Crippen LogP contribution in [-0.4, -0.2) is 22.4 Å². The summed E-state index contributed by atoms with van der Waals surface area (Å²) in [5, 5.41) is 0. The molecule has 0 spiro atoms. The molecule has 7 heteroatoms. The van der Waals surface area contributed by atoms with Crippen LogP contribution in [0, 0.1) is 0 Å². The minimum atomic E-state index is -4.76. The Bertz CT molecular complexity index is 439. The molecule has 0 saturated heterocycles. The van der Waals surface area contributed by atoms with Crippen molar-refractivity contribution in [2.75, 3.05) is 7.11 Å². The van der Waals surface area contributed by atoms with Gasteiger partial charge < -0.3 is 14.5 Å². The molecule has 1 aromatic carbocycles. The number of halogens is 1. The molecule has 0 aliphatic heterocycles. The third kappa shape index (κ3) is 2.89. The fourth-order valence-corrected chi connectivity index (χ4v) is 2.03. The highest BCUT2D eigenvalue weighted by Crippen LogP contribution is 2.41. The zero-order valence-corrected chi connectivity index (χ0v) is 10.2. The second-order valence-electron chi connectivity index (χ2n) is 2.69. The topological polar surface area (TPSA) is 83.8 Å². The van der Waals surface area contributed by atoms with E-state index >= 15 is 0 Å². The molecule has 0 amide bonds. The van der Waals surface area contributed by atoms with Gasteiger partial charge in [-0.15, -0.1) is 0 Å². The van der Waals surface area contributed by atoms with E-state index in [2.05, 4.69) is 15.9 Å². The molecule has 0 bridgehead atoms. The van der Waals surface area contributed by atoms with Crippen LogP contribution in [0.5, 0.6) is 5.75 Å². The van der Waals surface area contributed by atoms with Crippen LogP contribution in [0.4, 0.5) is 0 Å². The molecule has 1 rings (SSSR count). The van der Waals surface area contributed by atoms with Crippen molar-refractivity contribution in [3.8, 4) is 5.75 Å². The Morgan fingerprint density at radius 3 is 2.53 bits per heavy atom. The summed E-state index contributed by atoms with van der Waals surface area (Å²) in [6.45, 7) is 0. The maximum absolute atomic E-state index is 11.3. The van der Waals surface area contributed by atoms with Crippen molar-refractivity contribution < 1.29 is 23.9 Å². The smallest absolute Gasteiger partial charge is 0.396 e. The highest BCUT2D eigenvalue weighted by molar-refractivity contribution is 9.10. The second kappa shape index (κ2) is 4.45. The molecule has 0 heterocycles. The Labute approximate surface area is 94.4 Å². The van der Waals surface area contributed by atoms with E-state index in [9.17, 15) is 9.36 Å². The Hall–Kier alpha value is -0.680. The summed E-state index contributed by atoms with van der Waals surface area (Å²) in [5.74, 6) is 0.356. The van der Waals surface area contributed by atoms with Gasteiger partial charge in [-0.2, -0.15) is 0 Å². The molecule has 0 fully saturated rings. The van der Waals surface area contributed by atoms with E-state index in [0.29, 0.717) is 10.2 Å². The predicted molar refractivity (Wildman–Crippen MR) is 57.1 cm³/mol. The number of carbonyl (C=O) groups excluding carboxylic acids is 1. The lowest BCUT2D eigenvalue weighted by molar-refractivity contribution is 0.104. The number of rotatable bonds is 3. The van der Waals surface area contributed by atoms with Gasteiger partial charge in [-0.05, 0) is 18.2 Å². The van der Waals surface area contributed by atoms with E-state index in [1.807, 2.05) is 0 Å². The van der Waals surface area contributed by atoms with E-state index in [4.69, 9.17) is 14.5 Å². The second-order valence-corrected chi connectivity index (χ2v) is 5.04. The van der Waals surface area contributed by atoms with Crippen molar-refractivity contribution in [1.29, 1.82) is 0 Å². The van der Waals surface area contributed by atoms with Crippen molar-refractivity contribution in [1.82, 2.24) is 0 Å². The minimum absolute atomic E-state index is 0.0947. The Morgan fingerprint density at radius 1 is 1.47 bits per heavy atom. The van der Waals surface area contributed by atoms with E-state index < -0.39 is 13.1 Å². The lowest BCUT2D eigenvalue weighted by Gasteiger charge is -2.07. The fraction of sp³-hybridized carbons (Fsp3) is 0.125. The van der Waals surface area contributed by atoms with E-state index in [1.54, 1.807) is 6.07 Å². The van der Waals surface area contributed by atoms with Crippen molar-refractivity contribution >= 4 is 29.1 Å². The first kappa shape index (κ1) is 12.4. The molecule has 0 aliphatic rings. The number of methoxy groups -OCH3 is 1. The molecule has 0 radical (unpaired) electrons. The average molecular weight is 295 g/mol. The van der Waals surface area contributed by atoms with Crippen LogP contribution >= 0.6 is 23.5 Å². The van der Waals surface area contributed by atoms with Crippen LogP contribution in [0.25, 0.3) is 0 Å². The highest BCUT2D eigenvalue weighted by atomic mass is 79.9. The summed E-state index contributed by atoms with van der Waals surface area (Å²) in [6.07, 6.45) is 0. The largest absolute Gasteiger partial charge is 0.497 e. The van der Waals surface area contributed by atoms with Crippen LogP contribution in [-0.2, 0) is 4.57 Å². The Morgan fingerprint density at radius 2 is 2.07 bits per heavy atom.